The van der Waals surface area contributed by atoms with E-state index in [9.17, 15) is 4.79 Å². The highest BCUT2D eigenvalue weighted by Gasteiger charge is 2.15. The van der Waals surface area contributed by atoms with E-state index < -0.39 is 6.04 Å². The van der Waals surface area contributed by atoms with Crippen LogP contribution in [0.15, 0.2) is 0 Å². The van der Waals surface area contributed by atoms with Gasteiger partial charge in [0.15, 0.2) is 0 Å². The number of carbonyl (C=O) groups excluding carboxylic acids is 1. The zero-order chi connectivity index (χ0) is 11.8. The Labute approximate surface area is 91.9 Å². The van der Waals surface area contributed by atoms with Gasteiger partial charge in [-0.1, -0.05) is 0 Å². The molecule has 3 N–H and O–H groups in total. The second-order valence-electron chi connectivity index (χ2n) is 4.06. The molecule has 0 saturated carbocycles. The van der Waals surface area contributed by atoms with Gasteiger partial charge in [-0.25, -0.2) is 0 Å². The third kappa shape index (κ3) is 7.30. The van der Waals surface area contributed by atoms with Gasteiger partial charge >= 0.3 is 0 Å². The van der Waals surface area contributed by atoms with Gasteiger partial charge in [-0.15, -0.1) is 0 Å². The van der Waals surface area contributed by atoms with E-state index in [1.54, 1.807) is 7.11 Å². The number of nitrogens with two attached hydrogens (primary N) is 1. The first-order valence-corrected chi connectivity index (χ1v) is 5.17. The lowest BCUT2D eigenvalue weighted by Gasteiger charge is -2.20. The Morgan fingerprint density at radius 2 is 2.13 bits per heavy atom. The Kier molecular flexibility index (Phi) is 7.29. The van der Waals surface area contributed by atoms with E-state index >= 15 is 0 Å². The van der Waals surface area contributed by atoms with Crippen molar-refractivity contribution in [1.82, 2.24) is 10.2 Å². The molecule has 0 aromatic heterocycles. The van der Waals surface area contributed by atoms with Crippen LogP contribution in [0.5, 0.6) is 0 Å². The summed E-state index contributed by atoms with van der Waals surface area (Å²) in [6.45, 7) is 3.28. The maximum Gasteiger partial charge on any atom is 0.237 e. The summed E-state index contributed by atoms with van der Waals surface area (Å²) in [4.78, 5) is 13.6. The van der Waals surface area contributed by atoms with Gasteiger partial charge in [0, 0.05) is 26.3 Å². The number of nitrogens with zero attached hydrogens (tertiary/aromatic N) is 1. The SMILES string of the molecule is COCCC(N)C(=O)NC(C)CN(C)C. The molecule has 15 heavy (non-hydrogen) atoms. The van der Waals surface area contributed by atoms with Crippen LogP contribution >= 0.6 is 0 Å². The summed E-state index contributed by atoms with van der Waals surface area (Å²) in [5.74, 6) is -0.110. The van der Waals surface area contributed by atoms with Crippen LogP contribution in [-0.2, 0) is 9.53 Å². The lowest BCUT2D eigenvalue weighted by molar-refractivity contribution is -0.123. The normalized spacial score (nSPS) is 15.1. The zero-order valence-corrected chi connectivity index (χ0v) is 10.1. The Morgan fingerprint density at radius 3 is 2.60 bits per heavy atom. The molecule has 2 atom stereocenters. The zero-order valence-electron chi connectivity index (χ0n) is 10.1. The fourth-order valence-electron chi connectivity index (χ4n) is 1.32. The van der Waals surface area contributed by atoms with E-state index in [1.165, 1.54) is 0 Å². The van der Waals surface area contributed by atoms with Gasteiger partial charge in [-0.3, -0.25) is 4.79 Å². The van der Waals surface area contributed by atoms with E-state index in [1.807, 2.05) is 25.9 Å². The number of methoxy groups -OCH3 is 1. The first-order chi connectivity index (χ1) is 6.97. The van der Waals surface area contributed by atoms with Crippen molar-refractivity contribution < 1.29 is 9.53 Å². The molecule has 1 amide bonds. The molecule has 0 aliphatic carbocycles. The molecule has 0 aromatic rings. The van der Waals surface area contributed by atoms with Crippen molar-refractivity contribution in [3.05, 3.63) is 0 Å². The summed E-state index contributed by atoms with van der Waals surface area (Å²) in [5.41, 5.74) is 5.68. The number of likely N-dealkylation sites (N-methyl/N-ethyl adjacent to an activating group) is 1. The smallest absolute Gasteiger partial charge is 0.237 e. The third-order valence-electron chi connectivity index (χ3n) is 2.00. The number of ether oxygens (including phenoxy) is 1. The van der Waals surface area contributed by atoms with Gasteiger partial charge in [0.05, 0.1) is 6.04 Å². The third-order valence-corrected chi connectivity index (χ3v) is 2.00. The van der Waals surface area contributed by atoms with Gasteiger partial charge < -0.3 is 20.7 Å². The number of rotatable bonds is 7. The topological polar surface area (TPSA) is 67.6 Å². The van der Waals surface area contributed by atoms with E-state index in [4.69, 9.17) is 10.5 Å². The summed E-state index contributed by atoms with van der Waals surface area (Å²) in [5, 5.41) is 2.86. The Bertz CT molecular complexity index is 186. The van der Waals surface area contributed by atoms with Crippen molar-refractivity contribution in [2.75, 3.05) is 34.4 Å². The van der Waals surface area contributed by atoms with Gasteiger partial charge in [-0.05, 0) is 27.4 Å². The van der Waals surface area contributed by atoms with Crippen LogP contribution in [0.25, 0.3) is 0 Å². The average molecular weight is 217 g/mol. The van der Waals surface area contributed by atoms with Crippen molar-refractivity contribution >= 4 is 5.91 Å². The fraction of sp³-hybridized carbons (Fsp3) is 0.900. The lowest BCUT2D eigenvalue weighted by Crippen LogP contribution is -2.47. The summed E-state index contributed by atoms with van der Waals surface area (Å²) >= 11 is 0. The van der Waals surface area contributed by atoms with Gasteiger partial charge in [0.25, 0.3) is 0 Å². The van der Waals surface area contributed by atoms with Crippen molar-refractivity contribution in [3.8, 4) is 0 Å². The van der Waals surface area contributed by atoms with Crippen LogP contribution in [0.1, 0.15) is 13.3 Å². The minimum Gasteiger partial charge on any atom is -0.385 e. The summed E-state index contributed by atoms with van der Waals surface area (Å²) in [6, 6.07) is -0.365. The van der Waals surface area contributed by atoms with Gasteiger partial charge in [-0.2, -0.15) is 0 Å². The second-order valence-corrected chi connectivity index (χ2v) is 4.06. The van der Waals surface area contributed by atoms with E-state index in [2.05, 4.69) is 5.32 Å². The van der Waals surface area contributed by atoms with Crippen LogP contribution in [0.2, 0.25) is 0 Å². The molecule has 0 aliphatic heterocycles. The summed E-state index contributed by atoms with van der Waals surface area (Å²) in [6.07, 6.45) is 0.553. The molecule has 0 heterocycles. The minimum absolute atomic E-state index is 0.110. The quantitative estimate of drug-likeness (QED) is 0.598. The predicted molar refractivity (Wildman–Crippen MR) is 60.6 cm³/mol. The molecule has 5 nitrogen and oxygen atoms in total. The maximum absolute atomic E-state index is 11.5. The minimum atomic E-state index is -0.477. The number of amides is 1. The van der Waals surface area contributed by atoms with Gasteiger partial charge in [0.1, 0.15) is 0 Å². The molecular weight excluding hydrogens is 194 g/mol. The first kappa shape index (κ1) is 14.3. The highest BCUT2D eigenvalue weighted by atomic mass is 16.5. The fourth-order valence-corrected chi connectivity index (χ4v) is 1.32. The largest absolute Gasteiger partial charge is 0.385 e. The van der Waals surface area contributed by atoms with E-state index in [-0.39, 0.29) is 11.9 Å². The molecule has 90 valence electrons. The van der Waals surface area contributed by atoms with Crippen LogP contribution < -0.4 is 11.1 Å². The maximum atomic E-state index is 11.5. The van der Waals surface area contributed by atoms with Crippen molar-refractivity contribution in [2.45, 2.75) is 25.4 Å². The highest BCUT2D eigenvalue weighted by molar-refractivity contribution is 5.81. The monoisotopic (exact) mass is 217 g/mol. The molecule has 0 spiro atoms. The summed E-state index contributed by atoms with van der Waals surface area (Å²) < 4.78 is 4.86. The summed E-state index contributed by atoms with van der Waals surface area (Å²) in [7, 11) is 5.53. The number of hydrogen-bond acceptors (Lipinski definition) is 4. The van der Waals surface area contributed by atoms with E-state index in [0.29, 0.717) is 13.0 Å². The molecule has 0 bridgehead atoms. The Balaban J connectivity index is 3.80. The first-order valence-electron chi connectivity index (χ1n) is 5.17. The van der Waals surface area contributed by atoms with Gasteiger partial charge in [0.2, 0.25) is 5.91 Å². The lowest BCUT2D eigenvalue weighted by atomic mass is 10.2. The van der Waals surface area contributed by atoms with Crippen molar-refractivity contribution in [3.63, 3.8) is 0 Å². The standard InChI is InChI=1S/C10H23N3O2/c1-8(7-13(2)3)12-10(14)9(11)5-6-15-4/h8-9H,5-7,11H2,1-4H3,(H,12,14). The van der Waals surface area contributed by atoms with Crippen LogP contribution in [0.4, 0.5) is 0 Å². The Hall–Kier alpha value is -0.650. The Morgan fingerprint density at radius 1 is 1.53 bits per heavy atom. The molecule has 0 saturated heterocycles. The van der Waals surface area contributed by atoms with E-state index in [0.717, 1.165) is 6.54 Å². The molecule has 0 aliphatic rings. The number of carbonyl (C=O) groups is 1. The molecular formula is C10H23N3O2. The van der Waals surface area contributed by atoms with Crippen LogP contribution in [-0.4, -0.2) is 57.2 Å². The molecule has 0 radical (unpaired) electrons. The predicted octanol–water partition coefficient (Wildman–Crippen LogP) is -0.583. The molecule has 0 rings (SSSR count). The van der Waals surface area contributed by atoms with Crippen molar-refractivity contribution in [2.24, 2.45) is 5.73 Å². The van der Waals surface area contributed by atoms with Crippen LogP contribution in [0, 0.1) is 0 Å². The molecule has 2 unspecified atom stereocenters. The average Bonchev–Trinajstić information content (AvgIpc) is 2.12. The number of nitrogens with one attached hydrogen (secondary N) is 1. The molecule has 0 fully saturated rings. The number of hydrogen-bond donors (Lipinski definition) is 2. The highest BCUT2D eigenvalue weighted by Crippen LogP contribution is 1.92. The second kappa shape index (κ2) is 7.62. The molecule has 0 aromatic carbocycles. The molecule has 5 heteroatoms. The van der Waals surface area contributed by atoms with Crippen molar-refractivity contribution in [1.29, 1.82) is 0 Å². The van der Waals surface area contributed by atoms with Crippen LogP contribution in [0.3, 0.4) is 0 Å².